The molecule has 0 saturated carbocycles. The van der Waals surface area contributed by atoms with Gasteiger partial charge in [-0.05, 0) is 11.1 Å². The SMILES string of the molecule is c1ccc(-c2ncc3c(n2)Cc2ccccc2-3)cc1. The van der Waals surface area contributed by atoms with Crippen LogP contribution in [0.3, 0.4) is 0 Å². The zero-order chi connectivity index (χ0) is 12.7. The zero-order valence-corrected chi connectivity index (χ0v) is 10.4. The predicted octanol–water partition coefficient (Wildman–Crippen LogP) is 3.71. The maximum absolute atomic E-state index is 4.73. The number of aromatic nitrogens is 2. The van der Waals surface area contributed by atoms with Crippen molar-refractivity contribution in [2.45, 2.75) is 6.42 Å². The summed E-state index contributed by atoms with van der Waals surface area (Å²) in [7, 11) is 0. The molecule has 0 radical (unpaired) electrons. The van der Waals surface area contributed by atoms with E-state index in [1.165, 1.54) is 16.7 Å². The molecule has 0 unspecified atom stereocenters. The maximum atomic E-state index is 4.73. The lowest BCUT2D eigenvalue weighted by molar-refractivity contribution is 1.07. The molecular weight excluding hydrogens is 232 g/mol. The highest BCUT2D eigenvalue weighted by atomic mass is 14.9. The quantitative estimate of drug-likeness (QED) is 0.510. The summed E-state index contributed by atoms with van der Waals surface area (Å²) in [5.74, 6) is 0.812. The average Bonchev–Trinajstić information content (AvgIpc) is 2.86. The van der Waals surface area contributed by atoms with E-state index < -0.39 is 0 Å². The lowest BCUT2D eigenvalue weighted by Crippen LogP contribution is -1.93. The smallest absolute Gasteiger partial charge is 0.159 e. The van der Waals surface area contributed by atoms with Crippen LogP contribution in [-0.2, 0) is 6.42 Å². The first-order valence-corrected chi connectivity index (χ1v) is 6.41. The summed E-state index contributed by atoms with van der Waals surface area (Å²) in [5.41, 5.74) is 6.00. The zero-order valence-electron chi connectivity index (χ0n) is 10.4. The molecular formula is C17H12N2. The fourth-order valence-corrected chi connectivity index (χ4v) is 2.62. The van der Waals surface area contributed by atoms with Gasteiger partial charge in [-0.3, -0.25) is 0 Å². The Bertz CT molecular complexity index is 748. The molecule has 3 aromatic rings. The van der Waals surface area contributed by atoms with Crippen molar-refractivity contribution in [1.82, 2.24) is 9.97 Å². The van der Waals surface area contributed by atoms with Crippen LogP contribution in [0.1, 0.15) is 11.3 Å². The van der Waals surface area contributed by atoms with Gasteiger partial charge in [-0.2, -0.15) is 0 Å². The first-order chi connectivity index (χ1) is 9.42. The predicted molar refractivity (Wildman–Crippen MR) is 75.7 cm³/mol. The first kappa shape index (κ1) is 10.4. The molecule has 19 heavy (non-hydrogen) atoms. The number of nitrogens with zero attached hydrogens (tertiary/aromatic N) is 2. The fraction of sp³-hybridized carbons (Fsp3) is 0.0588. The lowest BCUT2D eigenvalue weighted by Gasteiger charge is -2.03. The number of fused-ring (bicyclic) bond motifs is 3. The Labute approximate surface area is 111 Å². The van der Waals surface area contributed by atoms with Crippen molar-refractivity contribution in [3.8, 4) is 22.5 Å². The van der Waals surface area contributed by atoms with Gasteiger partial charge in [0.25, 0.3) is 0 Å². The molecule has 1 heterocycles. The minimum atomic E-state index is 0.812. The van der Waals surface area contributed by atoms with Crippen molar-refractivity contribution in [1.29, 1.82) is 0 Å². The molecule has 0 atom stereocenters. The Hall–Kier alpha value is -2.48. The largest absolute Gasteiger partial charge is 0.236 e. The van der Waals surface area contributed by atoms with Gasteiger partial charge in [0.2, 0.25) is 0 Å². The number of hydrogen-bond acceptors (Lipinski definition) is 2. The van der Waals surface area contributed by atoms with Crippen molar-refractivity contribution in [3.05, 3.63) is 72.1 Å². The van der Waals surface area contributed by atoms with Crippen molar-refractivity contribution in [2.75, 3.05) is 0 Å². The highest BCUT2D eigenvalue weighted by molar-refractivity contribution is 5.75. The van der Waals surface area contributed by atoms with Crippen LogP contribution in [0.4, 0.5) is 0 Å². The third-order valence-corrected chi connectivity index (χ3v) is 3.57. The molecule has 90 valence electrons. The normalized spacial score (nSPS) is 12.0. The molecule has 0 spiro atoms. The number of hydrogen-bond donors (Lipinski definition) is 0. The van der Waals surface area contributed by atoms with Crippen LogP contribution < -0.4 is 0 Å². The van der Waals surface area contributed by atoms with Gasteiger partial charge in [0, 0.05) is 23.7 Å². The molecule has 0 saturated heterocycles. The third kappa shape index (κ3) is 1.65. The summed E-state index contributed by atoms with van der Waals surface area (Å²) in [6.45, 7) is 0. The third-order valence-electron chi connectivity index (χ3n) is 3.57. The Morgan fingerprint density at radius 1 is 0.789 bits per heavy atom. The topological polar surface area (TPSA) is 25.8 Å². The summed E-state index contributed by atoms with van der Waals surface area (Å²) in [4.78, 5) is 9.24. The Kier molecular flexibility index (Phi) is 2.21. The molecule has 2 heteroatoms. The van der Waals surface area contributed by atoms with Gasteiger partial charge in [-0.15, -0.1) is 0 Å². The van der Waals surface area contributed by atoms with Crippen LogP contribution in [-0.4, -0.2) is 9.97 Å². The van der Waals surface area contributed by atoms with Crippen LogP contribution in [0.2, 0.25) is 0 Å². The Morgan fingerprint density at radius 3 is 2.47 bits per heavy atom. The number of benzene rings is 2. The van der Waals surface area contributed by atoms with Crippen LogP contribution in [0.15, 0.2) is 60.8 Å². The fourth-order valence-electron chi connectivity index (χ4n) is 2.62. The van der Waals surface area contributed by atoms with E-state index >= 15 is 0 Å². The van der Waals surface area contributed by atoms with Crippen molar-refractivity contribution in [2.24, 2.45) is 0 Å². The second-order valence-electron chi connectivity index (χ2n) is 4.75. The van der Waals surface area contributed by atoms with Gasteiger partial charge in [0.05, 0.1) is 5.69 Å². The summed E-state index contributed by atoms with van der Waals surface area (Å²) in [5, 5.41) is 0. The second kappa shape index (κ2) is 4.02. The van der Waals surface area contributed by atoms with Gasteiger partial charge in [0.15, 0.2) is 5.82 Å². The van der Waals surface area contributed by atoms with Crippen LogP contribution in [0.25, 0.3) is 22.5 Å². The van der Waals surface area contributed by atoms with Crippen LogP contribution in [0.5, 0.6) is 0 Å². The van der Waals surface area contributed by atoms with Gasteiger partial charge >= 0.3 is 0 Å². The highest BCUT2D eigenvalue weighted by Gasteiger charge is 2.20. The van der Waals surface area contributed by atoms with E-state index in [2.05, 4.69) is 29.2 Å². The summed E-state index contributed by atoms with van der Waals surface area (Å²) in [6, 6.07) is 18.6. The summed E-state index contributed by atoms with van der Waals surface area (Å²) in [6.07, 6.45) is 2.87. The van der Waals surface area contributed by atoms with E-state index in [-0.39, 0.29) is 0 Å². The van der Waals surface area contributed by atoms with E-state index in [1.807, 2.05) is 36.5 Å². The average molecular weight is 244 g/mol. The summed E-state index contributed by atoms with van der Waals surface area (Å²) < 4.78 is 0. The van der Waals surface area contributed by atoms with E-state index in [0.29, 0.717) is 0 Å². The monoisotopic (exact) mass is 244 g/mol. The van der Waals surface area contributed by atoms with Crippen molar-refractivity contribution < 1.29 is 0 Å². The van der Waals surface area contributed by atoms with Crippen molar-refractivity contribution in [3.63, 3.8) is 0 Å². The maximum Gasteiger partial charge on any atom is 0.159 e. The standard InChI is InChI=1S/C17H12N2/c1-2-6-12(7-3-1)17-18-11-15-14-9-5-4-8-13(14)10-16(15)19-17/h1-9,11H,10H2. The minimum absolute atomic E-state index is 0.812. The highest BCUT2D eigenvalue weighted by Crippen LogP contribution is 2.35. The van der Waals surface area contributed by atoms with Crippen LogP contribution >= 0.6 is 0 Å². The first-order valence-electron chi connectivity index (χ1n) is 6.41. The molecule has 4 rings (SSSR count). The number of rotatable bonds is 1. The van der Waals surface area contributed by atoms with Gasteiger partial charge < -0.3 is 0 Å². The Morgan fingerprint density at radius 2 is 1.58 bits per heavy atom. The molecule has 0 aliphatic heterocycles. The molecule has 1 aliphatic carbocycles. The molecule has 0 N–H and O–H groups in total. The van der Waals surface area contributed by atoms with Gasteiger partial charge in [-0.25, -0.2) is 9.97 Å². The summed E-state index contributed by atoms with van der Waals surface area (Å²) >= 11 is 0. The van der Waals surface area contributed by atoms with E-state index in [4.69, 9.17) is 4.98 Å². The Balaban J connectivity index is 1.84. The molecule has 2 nitrogen and oxygen atoms in total. The molecule has 0 amide bonds. The molecule has 1 aromatic heterocycles. The molecule has 2 aromatic carbocycles. The lowest BCUT2D eigenvalue weighted by atomic mass is 10.1. The molecule has 0 fully saturated rings. The molecule has 0 bridgehead atoms. The minimum Gasteiger partial charge on any atom is -0.236 e. The molecule has 1 aliphatic rings. The van der Waals surface area contributed by atoms with Crippen LogP contribution in [0, 0.1) is 0 Å². The van der Waals surface area contributed by atoms with Gasteiger partial charge in [0.1, 0.15) is 0 Å². The van der Waals surface area contributed by atoms with Crippen molar-refractivity contribution >= 4 is 0 Å². The van der Waals surface area contributed by atoms with Gasteiger partial charge in [-0.1, -0.05) is 54.6 Å². The van der Waals surface area contributed by atoms with E-state index in [9.17, 15) is 0 Å². The van der Waals surface area contributed by atoms with E-state index in [1.54, 1.807) is 0 Å². The second-order valence-corrected chi connectivity index (χ2v) is 4.75. The van der Waals surface area contributed by atoms with E-state index in [0.717, 1.165) is 23.5 Å².